The first-order chi connectivity index (χ1) is 13.2. The van der Waals surface area contributed by atoms with Gasteiger partial charge < -0.3 is 11.1 Å². The summed E-state index contributed by atoms with van der Waals surface area (Å²) in [5.74, 6) is 0. The monoisotopic (exact) mass is 373 g/mol. The molecule has 0 unspecified atom stereocenters. The van der Waals surface area contributed by atoms with Crippen LogP contribution in [-0.4, -0.2) is 30.3 Å². The fourth-order valence-electron chi connectivity index (χ4n) is 2.73. The van der Waals surface area contributed by atoms with Crippen molar-refractivity contribution in [1.82, 2.24) is 19.6 Å². The molecule has 0 bridgehead atoms. The third-order valence-corrected chi connectivity index (χ3v) is 4.40. The van der Waals surface area contributed by atoms with E-state index in [0.29, 0.717) is 10.9 Å². The highest BCUT2D eigenvalue weighted by molar-refractivity contribution is 8.24. The zero-order chi connectivity index (χ0) is 18.6. The molecule has 0 radical (unpaired) electrons. The number of aromatic nitrogens is 4. The molecule has 4 aromatic rings. The highest BCUT2D eigenvalue weighted by atomic mass is 32.2. The van der Waals surface area contributed by atoms with E-state index in [1.807, 2.05) is 48.8 Å². The Balaban J connectivity index is 1.73. The van der Waals surface area contributed by atoms with Gasteiger partial charge in [0.1, 0.15) is 0 Å². The van der Waals surface area contributed by atoms with Gasteiger partial charge in [0.05, 0.1) is 17.4 Å². The number of nitrogens with two attached hydrogens (primary N) is 1. The largest absolute Gasteiger partial charge is 0.378 e. The van der Waals surface area contributed by atoms with Gasteiger partial charge >= 0.3 is 0 Å². The second-order valence-electron chi connectivity index (χ2n) is 5.64. The molecule has 4 rings (SSSR count). The van der Waals surface area contributed by atoms with E-state index in [9.17, 15) is 0 Å². The molecular weight excluding hydrogens is 358 g/mol. The number of pyridine rings is 1. The summed E-state index contributed by atoms with van der Waals surface area (Å²) in [5, 5.41) is 11.8. The average molecular weight is 373 g/mol. The molecule has 0 fully saturated rings. The van der Waals surface area contributed by atoms with Crippen molar-refractivity contribution >= 4 is 33.8 Å². The van der Waals surface area contributed by atoms with Crippen LogP contribution in [0.1, 0.15) is 0 Å². The highest BCUT2D eigenvalue weighted by Crippen LogP contribution is 2.28. The molecule has 0 aliphatic carbocycles. The lowest BCUT2D eigenvalue weighted by molar-refractivity contribution is 0.941. The highest BCUT2D eigenvalue weighted by Gasteiger charge is 2.10. The van der Waals surface area contributed by atoms with Crippen molar-refractivity contribution in [3.05, 3.63) is 67.4 Å². The number of aliphatic imine (C=N–C) groups is 1. The van der Waals surface area contributed by atoms with Gasteiger partial charge in [-0.15, -0.1) is 0 Å². The fourth-order valence-corrected chi connectivity index (χ4v) is 3.01. The summed E-state index contributed by atoms with van der Waals surface area (Å²) >= 11 is 1.07. The molecule has 132 valence electrons. The number of hydrogen-bond acceptors (Lipinski definition) is 6. The number of thioether (sulfide) groups is 1. The quantitative estimate of drug-likeness (QED) is 0.419. The van der Waals surface area contributed by atoms with E-state index < -0.39 is 0 Å². The first kappa shape index (κ1) is 16.9. The lowest BCUT2D eigenvalue weighted by atomic mass is 10.1. The van der Waals surface area contributed by atoms with E-state index in [1.54, 1.807) is 23.1 Å². The molecule has 3 N–H and O–H groups in total. The van der Waals surface area contributed by atoms with Crippen LogP contribution < -0.4 is 5.73 Å². The molecule has 3 aromatic heterocycles. The zero-order valence-electron chi connectivity index (χ0n) is 14.1. The van der Waals surface area contributed by atoms with Gasteiger partial charge in [0.2, 0.25) is 0 Å². The Morgan fingerprint density at radius 2 is 1.96 bits per heavy atom. The summed E-state index contributed by atoms with van der Waals surface area (Å²) in [6, 6.07) is 11.5. The smallest absolute Gasteiger partial charge is 0.164 e. The Labute approximate surface area is 159 Å². The Kier molecular flexibility index (Phi) is 4.63. The van der Waals surface area contributed by atoms with Crippen molar-refractivity contribution in [2.24, 2.45) is 10.7 Å². The standard InChI is InChI=1S/C19H15N7S/c20-12-27-19(21)25-16-3-1-2-14(8-16)17-10-24-26-11-15(9-23-18(17)26)13-4-6-22-7-5-13/h1-12,20H,(H2,21,25). The molecule has 0 aliphatic rings. The molecule has 0 aliphatic heterocycles. The first-order valence-electron chi connectivity index (χ1n) is 8.08. The van der Waals surface area contributed by atoms with Crippen LogP contribution in [0.3, 0.4) is 0 Å². The van der Waals surface area contributed by atoms with E-state index in [-0.39, 0.29) is 0 Å². The lowest BCUT2D eigenvalue weighted by Crippen LogP contribution is -2.04. The second-order valence-corrected chi connectivity index (χ2v) is 6.53. The van der Waals surface area contributed by atoms with Gasteiger partial charge in [0.15, 0.2) is 10.8 Å². The molecule has 0 amide bonds. The summed E-state index contributed by atoms with van der Waals surface area (Å²) in [4.78, 5) is 12.9. The number of nitrogens with zero attached hydrogens (tertiary/aromatic N) is 5. The second kappa shape index (κ2) is 7.38. The van der Waals surface area contributed by atoms with Gasteiger partial charge in [0.25, 0.3) is 0 Å². The SMILES string of the molecule is N=CSC(N)=Nc1cccc(-c2cnn3cc(-c4ccncc4)cnc23)c1. The van der Waals surface area contributed by atoms with Crippen LogP contribution in [0.5, 0.6) is 0 Å². The van der Waals surface area contributed by atoms with E-state index in [4.69, 9.17) is 11.1 Å². The summed E-state index contributed by atoms with van der Waals surface area (Å²) in [6.07, 6.45) is 9.07. The third-order valence-electron chi connectivity index (χ3n) is 3.95. The van der Waals surface area contributed by atoms with Crippen molar-refractivity contribution in [3.8, 4) is 22.3 Å². The topological polar surface area (TPSA) is 105 Å². The van der Waals surface area contributed by atoms with Crippen LogP contribution in [0.2, 0.25) is 0 Å². The van der Waals surface area contributed by atoms with Gasteiger partial charge in [0, 0.05) is 35.9 Å². The molecule has 0 saturated heterocycles. The Morgan fingerprint density at radius 3 is 2.78 bits per heavy atom. The molecule has 27 heavy (non-hydrogen) atoms. The van der Waals surface area contributed by atoms with E-state index >= 15 is 0 Å². The molecule has 7 nitrogen and oxygen atoms in total. The maximum atomic E-state index is 7.08. The van der Waals surface area contributed by atoms with Crippen LogP contribution in [0.25, 0.3) is 27.9 Å². The van der Waals surface area contributed by atoms with Crippen LogP contribution in [0.4, 0.5) is 5.69 Å². The predicted molar refractivity (Wildman–Crippen MR) is 109 cm³/mol. The summed E-state index contributed by atoms with van der Waals surface area (Å²) < 4.78 is 1.76. The van der Waals surface area contributed by atoms with Crippen LogP contribution in [0, 0.1) is 5.41 Å². The minimum atomic E-state index is 0.321. The average Bonchev–Trinajstić information content (AvgIpc) is 3.12. The molecular formula is C19H15N7S. The molecule has 0 atom stereocenters. The van der Waals surface area contributed by atoms with Crippen LogP contribution >= 0.6 is 11.8 Å². The molecule has 8 heteroatoms. The zero-order valence-corrected chi connectivity index (χ0v) is 15.0. The molecule has 0 spiro atoms. The maximum Gasteiger partial charge on any atom is 0.164 e. The Hall–Kier alpha value is -3.52. The van der Waals surface area contributed by atoms with Crippen molar-refractivity contribution < 1.29 is 0 Å². The van der Waals surface area contributed by atoms with Gasteiger partial charge in [-0.2, -0.15) is 5.10 Å². The van der Waals surface area contributed by atoms with E-state index in [0.717, 1.165) is 45.2 Å². The number of rotatable bonds is 4. The number of fused-ring (bicyclic) bond motifs is 1. The van der Waals surface area contributed by atoms with E-state index in [1.165, 1.54) is 0 Å². The van der Waals surface area contributed by atoms with Crippen molar-refractivity contribution in [3.63, 3.8) is 0 Å². The van der Waals surface area contributed by atoms with Crippen molar-refractivity contribution in [2.45, 2.75) is 0 Å². The normalized spacial score (nSPS) is 11.6. The molecule has 3 heterocycles. The first-order valence-corrected chi connectivity index (χ1v) is 8.96. The summed E-state index contributed by atoms with van der Waals surface area (Å²) in [5.41, 5.74) is 12.3. The van der Waals surface area contributed by atoms with Gasteiger partial charge in [-0.25, -0.2) is 14.5 Å². The molecule has 1 aromatic carbocycles. The maximum absolute atomic E-state index is 7.08. The number of hydrogen-bond donors (Lipinski definition) is 2. The van der Waals surface area contributed by atoms with Crippen LogP contribution in [-0.2, 0) is 0 Å². The number of nitrogens with one attached hydrogen (secondary N) is 1. The lowest BCUT2D eigenvalue weighted by Gasteiger charge is -2.04. The number of benzene rings is 1. The minimum Gasteiger partial charge on any atom is -0.378 e. The number of amidine groups is 1. The van der Waals surface area contributed by atoms with Crippen molar-refractivity contribution in [2.75, 3.05) is 0 Å². The molecule has 0 saturated carbocycles. The van der Waals surface area contributed by atoms with Gasteiger partial charge in [-0.3, -0.25) is 4.98 Å². The van der Waals surface area contributed by atoms with Crippen LogP contribution in [0.15, 0.2) is 72.4 Å². The van der Waals surface area contributed by atoms with Gasteiger partial charge in [-0.1, -0.05) is 12.1 Å². The fraction of sp³-hybridized carbons (Fsp3) is 0. The Bertz CT molecular complexity index is 1140. The van der Waals surface area contributed by atoms with Gasteiger partial charge in [-0.05, 0) is 47.2 Å². The summed E-state index contributed by atoms with van der Waals surface area (Å²) in [7, 11) is 0. The van der Waals surface area contributed by atoms with Crippen molar-refractivity contribution in [1.29, 1.82) is 5.41 Å². The third kappa shape index (κ3) is 3.56. The summed E-state index contributed by atoms with van der Waals surface area (Å²) in [6.45, 7) is 0. The minimum absolute atomic E-state index is 0.321. The Morgan fingerprint density at radius 1 is 1.11 bits per heavy atom. The van der Waals surface area contributed by atoms with E-state index in [2.05, 4.69) is 20.1 Å². The predicted octanol–water partition coefficient (Wildman–Crippen LogP) is 3.74.